The number of rotatable bonds is 16. The third-order valence-electron chi connectivity index (χ3n) is 15.3. The molecule has 322 valence electrons. The normalized spacial score (nSPS) is 27.2. The van der Waals surface area contributed by atoms with Gasteiger partial charge in [-0.3, -0.25) is 0 Å². The van der Waals surface area contributed by atoms with Crippen LogP contribution in [0, 0.1) is 40.4 Å². The van der Waals surface area contributed by atoms with E-state index < -0.39 is 17.8 Å². The third-order valence-corrected chi connectivity index (χ3v) is 15.3. The first-order valence-electron chi connectivity index (χ1n) is 22.6. The van der Waals surface area contributed by atoms with Gasteiger partial charge in [-0.2, -0.15) is 0 Å². The van der Waals surface area contributed by atoms with E-state index in [0.29, 0.717) is 54.4 Å². The van der Waals surface area contributed by atoms with Crippen molar-refractivity contribution in [2.45, 2.75) is 110 Å². The average Bonchev–Trinajstić information content (AvgIpc) is 3.60. The number of allylic oxidation sites excluding steroid dienone is 5. The highest BCUT2D eigenvalue weighted by atomic mass is 16.6. The number of aliphatic hydroxyl groups is 1. The number of hydrogen-bond acceptors (Lipinski definition) is 6. The van der Waals surface area contributed by atoms with E-state index in [1.165, 1.54) is 31.3 Å². The predicted octanol–water partition coefficient (Wildman–Crippen LogP) is 11.6. The quantitative estimate of drug-likeness (QED) is 0.111. The zero-order valence-corrected chi connectivity index (χ0v) is 37.1. The number of aliphatic hydroxyl groups excluding tert-OH is 1. The molecule has 3 aromatic rings. The van der Waals surface area contributed by atoms with Crippen molar-refractivity contribution in [1.82, 2.24) is 5.32 Å². The summed E-state index contributed by atoms with van der Waals surface area (Å²) in [5.41, 5.74) is 5.49. The lowest BCUT2D eigenvalue weighted by Crippen LogP contribution is -2.46. The van der Waals surface area contributed by atoms with Crippen LogP contribution in [0.4, 0.5) is 4.79 Å². The van der Waals surface area contributed by atoms with Crippen LogP contribution in [0.3, 0.4) is 0 Å². The molecule has 0 bridgehead atoms. The van der Waals surface area contributed by atoms with Gasteiger partial charge in [0.25, 0.3) is 0 Å². The van der Waals surface area contributed by atoms with E-state index in [1.54, 1.807) is 19.8 Å². The number of nitrogens with one attached hydrogen (secondary N) is 1. The molecular weight excluding hydrogens is 747 g/mol. The first kappa shape index (κ1) is 43.7. The van der Waals surface area contributed by atoms with Gasteiger partial charge in [0.15, 0.2) is 0 Å². The molecular formula is C53H69NO6. The maximum absolute atomic E-state index is 13.1. The molecule has 4 aliphatic rings. The number of carbonyl (C=O) groups excluding carboxylic acids is 1. The van der Waals surface area contributed by atoms with Gasteiger partial charge < -0.3 is 29.4 Å². The van der Waals surface area contributed by atoms with E-state index >= 15 is 0 Å². The summed E-state index contributed by atoms with van der Waals surface area (Å²) in [5, 5.41) is 14.0. The van der Waals surface area contributed by atoms with Gasteiger partial charge in [-0.25, -0.2) is 4.79 Å². The number of fused-ring (bicyclic) bond motifs is 5. The fourth-order valence-corrected chi connectivity index (χ4v) is 11.1. The molecule has 7 rings (SSSR count). The molecule has 7 heteroatoms. The summed E-state index contributed by atoms with van der Waals surface area (Å²) in [6, 6.07) is 26.0. The van der Waals surface area contributed by atoms with Gasteiger partial charge in [0, 0.05) is 13.0 Å². The van der Waals surface area contributed by atoms with Gasteiger partial charge in [-0.15, -0.1) is 0 Å². The van der Waals surface area contributed by atoms with E-state index in [1.807, 2.05) is 66.7 Å². The Hall–Kier alpha value is -4.33. The number of methoxy groups -OCH3 is 2. The van der Waals surface area contributed by atoms with Crippen molar-refractivity contribution in [3.8, 4) is 11.5 Å². The molecule has 0 aliphatic heterocycles. The van der Waals surface area contributed by atoms with Gasteiger partial charge >= 0.3 is 6.09 Å². The van der Waals surface area contributed by atoms with Crippen molar-refractivity contribution in [2.75, 3.05) is 27.4 Å². The molecule has 0 radical (unpaired) electrons. The number of hydrogen-bond donors (Lipinski definition) is 2. The predicted molar refractivity (Wildman–Crippen MR) is 240 cm³/mol. The Balaban J connectivity index is 0.930. The fourth-order valence-electron chi connectivity index (χ4n) is 11.1. The summed E-state index contributed by atoms with van der Waals surface area (Å²) in [5.74, 6) is 4.70. The summed E-state index contributed by atoms with van der Waals surface area (Å²) in [7, 11) is 3.31. The van der Waals surface area contributed by atoms with Crippen molar-refractivity contribution in [2.24, 2.45) is 40.4 Å². The van der Waals surface area contributed by atoms with Gasteiger partial charge in [-0.05, 0) is 133 Å². The fraction of sp³-hybridized carbons (Fsp3) is 0.528. The molecule has 5 unspecified atom stereocenters. The summed E-state index contributed by atoms with van der Waals surface area (Å²) in [6.07, 6.45) is 17.3. The van der Waals surface area contributed by atoms with Crippen LogP contribution < -0.4 is 14.8 Å². The number of carbonyl (C=O) groups is 1. The summed E-state index contributed by atoms with van der Waals surface area (Å²) >= 11 is 0. The Bertz CT molecular complexity index is 1940. The molecule has 7 nitrogen and oxygen atoms in total. The second-order valence-electron chi connectivity index (χ2n) is 18.9. The monoisotopic (exact) mass is 816 g/mol. The van der Waals surface area contributed by atoms with Crippen molar-refractivity contribution >= 4 is 6.09 Å². The van der Waals surface area contributed by atoms with E-state index in [-0.39, 0.29) is 18.1 Å². The Morgan fingerprint density at radius 3 is 2.10 bits per heavy atom. The minimum absolute atomic E-state index is 0.132. The molecule has 0 aromatic heterocycles. The SMILES string of the molecule is COc1ccc(C(OCCC(O)CCNC(=O)O[C@@H]2CC[C@]3(C)C(=CC=C4C5CCC(/C=C/C(C)C(C)C)[C@]5(C)CCC43)C2)(c2ccccc2)c2ccc(OC)cc2)cc1. The van der Waals surface area contributed by atoms with Gasteiger partial charge in [-0.1, -0.05) is 125 Å². The first-order valence-corrected chi connectivity index (χ1v) is 22.6. The van der Waals surface area contributed by atoms with Crippen LogP contribution in [-0.4, -0.2) is 50.8 Å². The van der Waals surface area contributed by atoms with Crippen LogP contribution in [0.15, 0.2) is 114 Å². The highest BCUT2D eigenvalue weighted by Crippen LogP contribution is 2.65. The zero-order chi connectivity index (χ0) is 42.5. The molecule has 1 amide bonds. The second-order valence-corrected chi connectivity index (χ2v) is 18.9. The van der Waals surface area contributed by atoms with Crippen LogP contribution in [0.1, 0.15) is 109 Å². The van der Waals surface area contributed by atoms with E-state index in [0.717, 1.165) is 47.5 Å². The van der Waals surface area contributed by atoms with Gasteiger partial charge in [0.1, 0.15) is 23.2 Å². The summed E-state index contributed by atoms with van der Waals surface area (Å²) in [4.78, 5) is 13.1. The average molecular weight is 816 g/mol. The maximum Gasteiger partial charge on any atom is 0.407 e. The van der Waals surface area contributed by atoms with E-state index in [4.69, 9.17) is 18.9 Å². The standard InChI is InChI=1S/C53H69NO6/c1-36(2)37(3)13-14-38-20-26-48-47-25-19-42-35-46(27-31-52(42,5)49(47)28-32-51(38,48)4)60-50(56)54-33-29-43(55)30-34-59-53(39-11-9-8-10-12-39,40-15-21-44(57-6)22-16-40)41-17-23-45(58-7)24-18-41/h8-19,21-25,36-38,43,46,48-49,55H,20,26-35H2,1-7H3,(H,54,56)/b14-13+/t37?,38?,43?,46-,48?,49?,51+,52-/m1/s1. The van der Waals surface area contributed by atoms with Gasteiger partial charge in [0.2, 0.25) is 0 Å². The van der Waals surface area contributed by atoms with Crippen molar-refractivity contribution in [3.63, 3.8) is 0 Å². The minimum Gasteiger partial charge on any atom is -0.497 e. The Morgan fingerprint density at radius 2 is 1.47 bits per heavy atom. The van der Waals surface area contributed by atoms with Crippen LogP contribution in [0.5, 0.6) is 11.5 Å². The molecule has 0 heterocycles. The molecule has 60 heavy (non-hydrogen) atoms. The van der Waals surface area contributed by atoms with Crippen molar-refractivity contribution in [1.29, 1.82) is 0 Å². The number of ether oxygens (including phenoxy) is 4. The summed E-state index contributed by atoms with van der Waals surface area (Å²) < 4.78 is 23.9. The van der Waals surface area contributed by atoms with Crippen LogP contribution in [0.2, 0.25) is 0 Å². The van der Waals surface area contributed by atoms with Crippen LogP contribution in [-0.2, 0) is 15.1 Å². The molecule has 4 aliphatic carbocycles. The smallest absolute Gasteiger partial charge is 0.407 e. The topological polar surface area (TPSA) is 86.2 Å². The lowest BCUT2D eigenvalue weighted by Gasteiger charge is -2.54. The largest absolute Gasteiger partial charge is 0.497 e. The highest BCUT2D eigenvalue weighted by Gasteiger charge is 2.56. The van der Waals surface area contributed by atoms with E-state index in [2.05, 4.69) is 76.4 Å². The zero-order valence-electron chi connectivity index (χ0n) is 37.1. The highest BCUT2D eigenvalue weighted by molar-refractivity contribution is 5.67. The molecule has 3 saturated carbocycles. The molecule has 0 spiro atoms. The van der Waals surface area contributed by atoms with Gasteiger partial charge in [0.05, 0.1) is 26.9 Å². The molecule has 0 saturated heterocycles. The lowest BCUT2D eigenvalue weighted by atomic mass is 9.50. The number of benzene rings is 3. The van der Waals surface area contributed by atoms with Crippen LogP contribution in [0.25, 0.3) is 0 Å². The number of amides is 1. The van der Waals surface area contributed by atoms with Crippen molar-refractivity contribution in [3.05, 3.63) is 131 Å². The molecule has 2 N–H and O–H groups in total. The first-order chi connectivity index (χ1) is 28.9. The lowest BCUT2D eigenvalue weighted by molar-refractivity contribution is -0.00634. The van der Waals surface area contributed by atoms with Crippen molar-refractivity contribution < 1.29 is 28.8 Å². The third kappa shape index (κ3) is 8.85. The maximum atomic E-state index is 13.1. The van der Waals surface area contributed by atoms with Crippen LogP contribution >= 0.6 is 0 Å². The van der Waals surface area contributed by atoms with E-state index in [9.17, 15) is 9.90 Å². The molecule has 3 fully saturated rings. The Labute approximate surface area is 359 Å². The Morgan fingerprint density at radius 1 is 0.817 bits per heavy atom. The molecule has 8 atom stereocenters. The minimum atomic E-state index is -0.955. The second kappa shape index (κ2) is 18.7. The Kier molecular flexibility index (Phi) is 13.7. The number of alkyl carbamates (subject to hydrolysis) is 1. The summed E-state index contributed by atoms with van der Waals surface area (Å²) in [6.45, 7) is 12.6. The molecule has 3 aromatic carbocycles.